The molecule has 1 aromatic rings. The fourth-order valence-electron chi connectivity index (χ4n) is 4.30. The van der Waals surface area contributed by atoms with Crippen molar-refractivity contribution in [2.24, 2.45) is 11.8 Å². The Labute approximate surface area is 191 Å². The van der Waals surface area contributed by atoms with Crippen molar-refractivity contribution in [1.82, 2.24) is 14.8 Å². The molecular formula is C25H35N3O4. The molecule has 0 unspecified atom stereocenters. The highest BCUT2D eigenvalue weighted by atomic mass is 16.5. The molecule has 1 aliphatic heterocycles. The van der Waals surface area contributed by atoms with Gasteiger partial charge in [-0.25, -0.2) is 4.98 Å². The third kappa shape index (κ3) is 5.80. The van der Waals surface area contributed by atoms with Crippen LogP contribution in [0.3, 0.4) is 0 Å². The molecule has 174 valence electrons. The third-order valence-electron chi connectivity index (χ3n) is 6.61. The van der Waals surface area contributed by atoms with Gasteiger partial charge in [-0.05, 0) is 31.7 Å². The number of carbonyl (C=O) groups excluding carboxylic acids is 2. The minimum Gasteiger partial charge on any atom is -0.472 e. The van der Waals surface area contributed by atoms with Crippen molar-refractivity contribution in [1.29, 1.82) is 0 Å². The Kier molecular flexibility index (Phi) is 8.14. The van der Waals surface area contributed by atoms with Crippen LogP contribution in [0.4, 0.5) is 0 Å². The van der Waals surface area contributed by atoms with Gasteiger partial charge in [-0.2, -0.15) is 0 Å². The largest absolute Gasteiger partial charge is 0.472 e. The highest BCUT2D eigenvalue weighted by molar-refractivity contribution is 5.97. The Bertz CT molecular complexity index is 885. The van der Waals surface area contributed by atoms with E-state index in [0.29, 0.717) is 30.1 Å². The van der Waals surface area contributed by atoms with E-state index < -0.39 is 0 Å². The summed E-state index contributed by atoms with van der Waals surface area (Å²) in [6.45, 7) is 5.98. The van der Waals surface area contributed by atoms with Gasteiger partial charge in [0.1, 0.15) is 11.7 Å². The number of pyridine rings is 1. The molecule has 0 saturated heterocycles. The van der Waals surface area contributed by atoms with Gasteiger partial charge >= 0.3 is 0 Å². The van der Waals surface area contributed by atoms with E-state index in [9.17, 15) is 14.7 Å². The van der Waals surface area contributed by atoms with E-state index in [0.717, 1.165) is 6.42 Å². The monoisotopic (exact) mass is 441 g/mol. The molecule has 0 aromatic carbocycles. The van der Waals surface area contributed by atoms with Crippen LogP contribution < -0.4 is 4.74 Å². The fourth-order valence-corrected chi connectivity index (χ4v) is 4.30. The van der Waals surface area contributed by atoms with E-state index >= 15 is 0 Å². The van der Waals surface area contributed by atoms with E-state index in [1.807, 2.05) is 13.8 Å². The number of aromatic nitrogens is 1. The zero-order valence-electron chi connectivity index (χ0n) is 19.6. The number of amides is 2. The van der Waals surface area contributed by atoms with Crippen LogP contribution in [0.25, 0.3) is 0 Å². The van der Waals surface area contributed by atoms with Crippen molar-refractivity contribution in [2.75, 3.05) is 26.7 Å². The molecule has 3 rings (SSSR count). The maximum absolute atomic E-state index is 13.4. The lowest BCUT2D eigenvalue weighted by Gasteiger charge is -2.37. The van der Waals surface area contributed by atoms with E-state index in [1.165, 1.54) is 32.6 Å². The first-order valence-electron chi connectivity index (χ1n) is 11.6. The number of likely N-dealkylation sites (N-methyl/N-ethyl adjacent to an activating group) is 1. The number of aliphatic hydroxyl groups is 1. The summed E-state index contributed by atoms with van der Waals surface area (Å²) in [5.74, 6) is 7.00. The second-order valence-electron chi connectivity index (χ2n) is 9.26. The van der Waals surface area contributed by atoms with Crippen LogP contribution in [0.5, 0.6) is 5.88 Å². The topological polar surface area (TPSA) is 83.0 Å². The number of aliphatic hydroxyl groups excluding tert-OH is 1. The molecule has 2 heterocycles. The smallest absolute Gasteiger partial charge is 0.259 e. The molecule has 2 amide bonds. The average Bonchev–Trinajstić information content (AvgIpc) is 3.29. The number of carbonyl (C=O) groups is 2. The summed E-state index contributed by atoms with van der Waals surface area (Å²) in [4.78, 5) is 32.9. The standard InChI is InChI=1S/C25H35N3O4/c1-17-14-28(18(2)16-29)25(31)22-12-21(11-7-10-20-8-5-6-9-20)13-26-24(22)32-23(17)15-27(4)19(3)30/h12-13,17-18,20,23,29H,5-6,8-10,14-16H2,1-4H3/t17-,18-,23+/m0/s1. The first kappa shape index (κ1) is 24.1. The summed E-state index contributed by atoms with van der Waals surface area (Å²) in [6, 6.07) is 1.39. The Morgan fingerprint density at radius 1 is 1.41 bits per heavy atom. The molecule has 3 atom stereocenters. The molecule has 1 saturated carbocycles. The molecule has 2 aliphatic rings. The van der Waals surface area contributed by atoms with Crippen molar-refractivity contribution < 1.29 is 19.4 Å². The SMILES string of the molecule is CC(=O)N(C)C[C@H]1Oc2ncc(C#CCC3CCCC3)cc2C(=O)N([C@@H](C)CO)C[C@@H]1C. The van der Waals surface area contributed by atoms with Gasteiger partial charge in [0, 0.05) is 44.6 Å². The lowest BCUT2D eigenvalue weighted by Crippen LogP contribution is -2.50. The number of hydrogen-bond acceptors (Lipinski definition) is 5. The van der Waals surface area contributed by atoms with Gasteiger partial charge in [0.15, 0.2) is 0 Å². The highest BCUT2D eigenvalue weighted by Crippen LogP contribution is 2.28. The predicted octanol–water partition coefficient (Wildman–Crippen LogP) is 2.71. The Hall–Kier alpha value is -2.59. The molecule has 1 N–H and O–H groups in total. The number of ether oxygens (including phenoxy) is 1. The molecule has 7 heteroatoms. The first-order chi connectivity index (χ1) is 15.3. The second-order valence-corrected chi connectivity index (χ2v) is 9.26. The van der Waals surface area contributed by atoms with Crippen molar-refractivity contribution in [3.63, 3.8) is 0 Å². The van der Waals surface area contributed by atoms with Crippen molar-refractivity contribution >= 4 is 11.8 Å². The van der Waals surface area contributed by atoms with Crippen LogP contribution in [0, 0.1) is 23.7 Å². The molecule has 1 fully saturated rings. The molecule has 0 spiro atoms. The molecule has 0 radical (unpaired) electrons. The van der Waals surface area contributed by atoms with Crippen LogP contribution in [0.15, 0.2) is 12.3 Å². The highest BCUT2D eigenvalue weighted by Gasteiger charge is 2.34. The third-order valence-corrected chi connectivity index (χ3v) is 6.61. The van der Waals surface area contributed by atoms with Gasteiger partial charge in [0.05, 0.1) is 19.2 Å². The van der Waals surface area contributed by atoms with Crippen LogP contribution in [-0.2, 0) is 4.79 Å². The summed E-state index contributed by atoms with van der Waals surface area (Å²) in [5.41, 5.74) is 1.03. The molecule has 0 bridgehead atoms. The maximum Gasteiger partial charge on any atom is 0.259 e. The zero-order chi connectivity index (χ0) is 23.3. The van der Waals surface area contributed by atoms with Gasteiger partial charge in [-0.1, -0.05) is 31.6 Å². The summed E-state index contributed by atoms with van der Waals surface area (Å²) >= 11 is 0. The van der Waals surface area contributed by atoms with Gasteiger partial charge in [0.2, 0.25) is 11.8 Å². The number of hydrogen-bond donors (Lipinski definition) is 1. The van der Waals surface area contributed by atoms with E-state index in [-0.39, 0.29) is 42.4 Å². The molecular weight excluding hydrogens is 406 g/mol. The van der Waals surface area contributed by atoms with Gasteiger partial charge in [0.25, 0.3) is 5.91 Å². The second kappa shape index (κ2) is 10.8. The van der Waals surface area contributed by atoms with E-state index in [1.54, 1.807) is 29.1 Å². The van der Waals surface area contributed by atoms with Crippen molar-refractivity contribution in [3.05, 3.63) is 23.4 Å². The number of fused-ring (bicyclic) bond motifs is 1. The van der Waals surface area contributed by atoms with E-state index in [4.69, 9.17) is 4.74 Å². The Morgan fingerprint density at radius 3 is 2.78 bits per heavy atom. The maximum atomic E-state index is 13.4. The van der Waals surface area contributed by atoms with E-state index in [2.05, 4.69) is 16.8 Å². The molecule has 1 aromatic heterocycles. The van der Waals surface area contributed by atoms with Crippen LogP contribution >= 0.6 is 0 Å². The molecule has 7 nitrogen and oxygen atoms in total. The number of rotatable bonds is 5. The summed E-state index contributed by atoms with van der Waals surface area (Å²) in [7, 11) is 1.73. The summed E-state index contributed by atoms with van der Waals surface area (Å²) in [5, 5.41) is 9.74. The molecule has 1 aliphatic carbocycles. The van der Waals surface area contributed by atoms with Crippen LogP contribution in [0.1, 0.15) is 68.8 Å². The lowest BCUT2D eigenvalue weighted by molar-refractivity contribution is -0.129. The average molecular weight is 442 g/mol. The normalized spacial score (nSPS) is 22.2. The Morgan fingerprint density at radius 2 is 2.12 bits per heavy atom. The number of nitrogens with zero attached hydrogens (tertiary/aromatic N) is 3. The molecule has 32 heavy (non-hydrogen) atoms. The summed E-state index contributed by atoms with van der Waals surface area (Å²) in [6.07, 6.45) is 7.23. The first-order valence-corrected chi connectivity index (χ1v) is 11.6. The minimum atomic E-state index is -0.348. The minimum absolute atomic E-state index is 0.0550. The van der Waals surface area contributed by atoms with Crippen molar-refractivity contribution in [2.45, 2.75) is 65.0 Å². The van der Waals surface area contributed by atoms with Crippen molar-refractivity contribution in [3.8, 4) is 17.7 Å². The van der Waals surface area contributed by atoms with Crippen LogP contribution in [0.2, 0.25) is 0 Å². The van der Waals surface area contributed by atoms with Gasteiger partial charge in [-0.3, -0.25) is 9.59 Å². The van der Waals surface area contributed by atoms with Gasteiger partial charge in [-0.15, -0.1) is 0 Å². The quantitative estimate of drug-likeness (QED) is 0.711. The predicted molar refractivity (Wildman–Crippen MR) is 122 cm³/mol. The summed E-state index contributed by atoms with van der Waals surface area (Å²) < 4.78 is 6.18. The van der Waals surface area contributed by atoms with Gasteiger partial charge < -0.3 is 19.6 Å². The lowest BCUT2D eigenvalue weighted by atomic mass is 10.00. The van der Waals surface area contributed by atoms with Crippen LogP contribution in [-0.4, -0.2) is 70.6 Å². The fraction of sp³-hybridized carbons (Fsp3) is 0.640. The zero-order valence-corrected chi connectivity index (χ0v) is 19.6. The Balaban J connectivity index is 1.91.